The van der Waals surface area contributed by atoms with Crippen molar-refractivity contribution in [3.8, 4) is 5.75 Å². The van der Waals surface area contributed by atoms with E-state index in [0.29, 0.717) is 57.7 Å². The standard InChI is InChI=1S/C52H90N6O15S/c1-14-42-51(9,64)27-41(59)35(6)57(12)29-31(2)20-22-50(8,63)47(33(4)45(34(5)48(62)71-42)72-43-28-52(10,67-13)46(61)36(7)70-43)73-49-44(60)40(26-32(3)69-49)56(11)24-21-37-30-58(55-54-37)23-15-25-68-38-16-18-39(19-17-38)74(53,65)66/h16-19,30-36,40-47,49,59-61,63-64H,14-15,20-29H2,1-13H3,(H2,53,65,66)/t31-,32-,33+,34-,35-,36+,40+,41+,42-,43+,44-,45+,46+,47-,49+,50-,51+,52-/m1/s1. The van der Waals surface area contributed by atoms with Gasteiger partial charge in [-0.15, -0.1) is 5.10 Å². The Morgan fingerprint density at radius 2 is 1.65 bits per heavy atom. The van der Waals surface area contributed by atoms with Gasteiger partial charge in [-0.25, -0.2) is 13.6 Å². The molecule has 0 radical (unpaired) electrons. The Kier molecular flexibility index (Phi) is 21.9. The van der Waals surface area contributed by atoms with Gasteiger partial charge in [0.2, 0.25) is 10.0 Å². The molecule has 0 amide bonds. The molecule has 3 saturated heterocycles. The first kappa shape index (κ1) is 61.9. The van der Waals surface area contributed by atoms with Crippen molar-refractivity contribution in [2.24, 2.45) is 22.9 Å². The fourth-order valence-corrected chi connectivity index (χ4v) is 11.4. The lowest BCUT2D eigenvalue weighted by molar-refractivity contribution is -0.318. The number of nitrogens with zero attached hydrogens (tertiary/aromatic N) is 5. The van der Waals surface area contributed by atoms with Crippen LogP contribution in [0.15, 0.2) is 35.4 Å². The molecule has 7 N–H and O–H groups in total. The zero-order valence-corrected chi connectivity index (χ0v) is 46.9. The Morgan fingerprint density at radius 3 is 2.28 bits per heavy atom. The SMILES string of the molecule is CC[C@H]1OC(=O)[C@H](C)[C@@H](O[C@H]2C[C@@](C)(OC)[C@@H](O)[C@H](C)O2)[C@H](C)[C@@H](O[C@@H]2O[C@H](C)C[C@H](N(C)CCc3cn(CCCOc4ccc(S(N)(=O)=O)cc4)nn3)[C@H]2O)[C@](C)(O)CC[C@@H](C)CN(C)[C@H](C)[C@@H](O)C[C@]1(C)O. The van der Waals surface area contributed by atoms with Crippen LogP contribution in [0.5, 0.6) is 5.75 Å². The van der Waals surface area contributed by atoms with Crippen molar-refractivity contribution >= 4 is 16.0 Å². The summed E-state index contributed by atoms with van der Waals surface area (Å²) >= 11 is 0. The molecule has 0 aliphatic carbocycles. The first-order chi connectivity index (χ1) is 34.5. The molecule has 5 rings (SSSR count). The van der Waals surface area contributed by atoms with Gasteiger partial charge in [0.05, 0.1) is 64.8 Å². The molecule has 3 fully saturated rings. The summed E-state index contributed by atoms with van der Waals surface area (Å²) in [4.78, 5) is 18.6. The zero-order chi connectivity index (χ0) is 55.1. The van der Waals surface area contributed by atoms with E-state index in [-0.39, 0.29) is 48.6 Å². The summed E-state index contributed by atoms with van der Waals surface area (Å²) in [6, 6.07) is 5.10. The monoisotopic (exact) mass is 1070 g/mol. The topological polar surface area (TPSA) is 280 Å². The van der Waals surface area contributed by atoms with E-state index in [0.717, 1.165) is 5.69 Å². The quantitative estimate of drug-likeness (QED) is 0.104. The number of benzene rings is 1. The summed E-state index contributed by atoms with van der Waals surface area (Å²) in [7, 11) is 1.54. The number of cyclic esters (lactones) is 1. The second-order valence-electron chi connectivity index (χ2n) is 22.4. The summed E-state index contributed by atoms with van der Waals surface area (Å²) in [6.07, 6.45) is -5.06. The van der Waals surface area contributed by atoms with Crippen molar-refractivity contribution < 1.29 is 71.9 Å². The number of likely N-dealkylation sites (N-methyl/N-ethyl adjacent to an activating group) is 2. The normalized spacial score (nSPS) is 38.9. The molecule has 0 saturated carbocycles. The first-order valence-electron chi connectivity index (χ1n) is 26.4. The van der Waals surface area contributed by atoms with Crippen molar-refractivity contribution in [3.05, 3.63) is 36.2 Å². The van der Waals surface area contributed by atoms with E-state index in [9.17, 15) is 38.7 Å². The lowest BCUT2D eigenvalue weighted by atomic mass is 9.78. The van der Waals surface area contributed by atoms with Gasteiger partial charge in [0, 0.05) is 76.6 Å². The second-order valence-corrected chi connectivity index (χ2v) is 24.0. The average Bonchev–Trinajstić information content (AvgIpc) is 3.80. The van der Waals surface area contributed by atoms with Crippen LogP contribution >= 0.6 is 0 Å². The Labute approximate surface area is 439 Å². The molecule has 1 aromatic carbocycles. The Hall–Kier alpha value is -2.94. The van der Waals surface area contributed by atoms with Crippen molar-refractivity contribution in [1.29, 1.82) is 0 Å². The number of aromatic nitrogens is 3. The molecule has 3 aliphatic rings. The number of methoxy groups -OCH3 is 1. The molecule has 0 spiro atoms. The van der Waals surface area contributed by atoms with Gasteiger partial charge in [-0.05, 0) is 118 Å². The number of rotatable bonds is 16. The third-order valence-corrected chi connectivity index (χ3v) is 16.8. The number of carbonyl (C=O) groups excluding carboxylic acids is 1. The predicted molar refractivity (Wildman–Crippen MR) is 274 cm³/mol. The van der Waals surface area contributed by atoms with Crippen LogP contribution in [0, 0.1) is 17.8 Å². The number of sulfonamides is 1. The minimum atomic E-state index is -3.79. The summed E-state index contributed by atoms with van der Waals surface area (Å²) in [5.41, 5.74) is -3.52. The van der Waals surface area contributed by atoms with E-state index in [2.05, 4.69) is 17.2 Å². The van der Waals surface area contributed by atoms with Crippen molar-refractivity contribution in [2.45, 2.75) is 222 Å². The molecule has 0 bridgehead atoms. The van der Waals surface area contributed by atoms with Gasteiger partial charge in [-0.1, -0.05) is 26.0 Å². The number of carbonyl (C=O) groups is 1. The van der Waals surface area contributed by atoms with E-state index in [1.165, 1.54) is 19.2 Å². The van der Waals surface area contributed by atoms with Crippen LogP contribution in [0.4, 0.5) is 0 Å². The molecular formula is C52H90N6O15S. The van der Waals surface area contributed by atoms with E-state index in [1.807, 2.05) is 50.9 Å². The van der Waals surface area contributed by atoms with Crippen LogP contribution in [0.2, 0.25) is 0 Å². The number of aryl methyl sites for hydroxylation is 1. The number of nitrogens with two attached hydrogens (primary N) is 1. The van der Waals surface area contributed by atoms with Gasteiger partial charge >= 0.3 is 5.97 Å². The highest BCUT2D eigenvalue weighted by Crippen LogP contribution is 2.40. The summed E-state index contributed by atoms with van der Waals surface area (Å²) < 4.78 is 69.0. The zero-order valence-electron chi connectivity index (χ0n) is 46.1. The molecule has 0 unspecified atom stereocenters. The number of aliphatic hydroxyl groups is 5. The summed E-state index contributed by atoms with van der Waals surface area (Å²) in [5, 5.41) is 73.3. The van der Waals surface area contributed by atoms with E-state index in [1.54, 1.807) is 58.4 Å². The number of aliphatic hydroxyl groups excluding tert-OH is 3. The van der Waals surface area contributed by atoms with Crippen LogP contribution in [0.1, 0.15) is 120 Å². The third-order valence-electron chi connectivity index (χ3n) is 15.9. The fraction of sp³-hybridized carbons (Fsp3) is 0.827. The van der Waals surface area contributed by atoms with Crippen molar-refractivity contribution in [1.82, 2.24) is 24.8 Å². The molecule has 424 valence electrons. The second kappa shape index (κ2) is 26.1. The number of esters is 1. The summed E-state index contributed by atoms with van der Waals surface area (Å²) in [5.74, 6) is -2.00. The van der Waals surface area contributed by atoms with E-state index < -0.39 is 106 Å². The Morgan fingerprint density at radius 1 is 0.973 bits per heavy atom. The molecule has 1 aromatic heterocycles. The van der Waals surface area contributed by atoms with Gasteiger partial charge < -0.3 is 68.5 Å². The fourth-order valence-electron chi connectivity index (χ4n) is 10.8. The Bertz CT molecular complexity index is 2170. The molecule has 21 nitrogen and oxygen atoms in total. The first-order valence-corrected chi connectivity index (χ1v) is 28.0. The maximum absolute atomic E-state index is 14.5. The van der Waals surface area contributed by atoms with Gasteiger partial charge in [0.25, 0.3) is 0 Å². The van der Waals surface area contributed by atoms with Crippen LogP contribution in [0.25, 0.3) is 0 Å². The van der Waals surface area contributed by atoms with E-state index >= 15 is 0 Å². The highest BCUT2D eigenvalue weighted by molar-refractivity contribution is 7.89. The molecular weight excluding hydrogens is 981 g/mol. The predicted octanol–water partition coefficient (Wildman–Crippen LogP) is 3.00. The highest BCUT2D eigenvalue weighted by Gasteiger charge is 2.52. The highest BCUT2D eigenvalue weighted by atomic mass is 32.2. The van der Waals surface area contributed by atoms with Gasteiger partial charge in [-0.2, -0.15) is 0 Å². The van der Waals surface area contributed by atoms with Crippen LogP contribution in [0.3, 0.4) is 0 Å². The minimum absolute atomic E-state index is 0.00699. The lowest BCUT2D eigenvalue weighted by Crippen LogP contribution is -2.60. The third kappa shape index (κ3) is 16.1. The number of ether oxygens (including phenoxy) is 7. The molecule has 3 aliphatic heterocycles. The number of hydrogen-bond donors (Lipinski definition) is 6. The van der Waals surface area contributed by atoms with Crippen molar-refractivity contribution in [2.75, 3.05) is 40.9 Å². The van der Waals surface area contributed by atoms with Gasteiger partial charge in [0.15, 0.2) is 12.6 Å². The average molecular weight is 1070 g/mol. The van der Waals surface area contributed by atoms with Crippen molar-refractivity contribution in [3.63, 3.8) is 0 Å². The largest absolute Gasteiger partial charge is 0.494 e. The molecule has 74 heavy (non-hydrogen) atoms. The molecule has 4 heterocycles. The molecule has 22 heteroatoms. The summed E-state index contributed by atoms with van der Waals surface area (Å²) in [6.45, 7) is 19.8. The Balaban J connectivity index is 1.38. The van der Waals surface area contributed by atoms with Gasteiger partial charge in [0.1, 0.15) is 29.7 Å². The minimum Gasteiger partial charge on any atom is -0.494 e. The maximum Gasteiger partial charge on any atom is 0.311 e. The number of hydrogen-bond acceptors (Lipinski definition) is 19. The van der Waals surface area contributed by atoms with Gasteiger partial charge in [-0.3, -0.25) is 9.48 Å². The maximum atomic E-state index is 14.5. The van der Waals surface area contributed by atoms with Crippen LogP contribution in [-0.4, -0.2) is 196 Å². The van der Waals surface area contributed by atoms with Crippen LogP contribution in [-0.2, 0) is 56.2 Å². The molecule has 2 aromatic rings. The molecule has 18 atom stereocenters. The van der Waals surface area contributed by atoms with Crippen LogP contribution < -0.4 is 9.88 Å². The smallest absolute Gasteiger partial charge is 0.311 e. The lowest BCUT2D eigenvalue weighted by Gasteiger charge is -2.48. The number of primary sulfonamides is 1. The van der Waals surface area contributed by atoms with E-state index in [4.69, 9.17) is 38.3 Å².